The molecular weight excluding hydrogens is 374 g/mol. The van der Waals surface area contributed by atoms with Gasteiger partial charge in [0.15, 0.2) is 5.65 Å². The smallest absolute Gasteiger partial charge is 0.264 e. The molecule has 3 aromatic rings. The maximum Gasteiger partial charge on any atom is 0.264 e. The number of rotatable bonds is 3. The van der Waals surface area contributed by atoms with Crippen LogP contribution in [0.1, 0.15) is 18.0 Å². The van der Waals surface area contributed by atoms with Crippen molar-refractivity contribution in [1.82, 2.24) is 24.6 Å². The number of hydrogen-bond donors (Lipinski definition) is 1. The summed E-state index contributed by atoms with van der Waals surface area (Å²) in [7, 11) is 1.72. The number of fused-ring (bicyclic) bond motifs is 2. The summed E-state index contributed by atoms with van der Waals surface area (Å²) in [6.07, 6.45) is 3.67. The third-order valence-corrected chi connectivity index (χ3v) is 5.74. The molecule has 1 N–H and O–H groups in total. The van der Waals surface area contributed by atoms with Gasteiger partial charge in [0.1, 0.15) is 18.3 Å². The second-order valence-electron chi connectivity index (χ2n) is 6.12. The molecule has 0 bridgehead atoms. The van der Waals surface area contributed by atoms with E-state index in [9.17, 15) is 9.59 Å². The first-order chi connectivity index (χ1) is 12.5. The van der Waals surface area contributed by atoms with Crippen LogP contribution in [0.5, 0.6) is 0 Å². The number of carbonyl (C=O) groups excluding carboxylic acids is 1. The van der Waals surface area contributed by atoms with Gasteiger partial charge in [-0.2, -0.15) is 5.10 Å². The lowest BCUT2D eigenvalue weighted by molar-refractivity contribution is -0.122. The van der Waals surface area contributed by atoms with E-state index in [2.05, 4.69) is 15.4 Å². The van der Waals surface area contributed by atoms with Crippen molar-refractivity contribution in [2.75, 3.05) is 5.75 Å². The molecule has 134 valence electrons. The van der Waals surface area contributed by atoms with E-state index in [-0.39, 0.29) is 24.1 Å². The summed E-state index contributed by atoms with van der Waals surface area (Å²) in [5, 5.41) is 8.08. The molecule has 3 heterocycles. The number of benzene rings is 1. The predicted molar refractivity (Wildman–Crippen MR) is 100 cm³/mol. The van der Waals surface area contributed by atoms with Crippen molar-refractivity contribution in [3.8, 4) is 0 Å². The van der Waals surface area contributed by atoms with Gasteiger partial charge >= 0.3 is 0 Å². The summed E-state index contributed by atoms with van der Waals surface area (Å²) in [6.45, 7) is -0.0871. The highest BCUT2D eigenvalue weighted by atomic mass is 35.5. The van der Waals surface area contributed by atoms with Crippen LogP contribution in [0.4, 0.5) is 0 Å². The molecule has 0 saturated carbocycles. The molecule has 0 aliphatic carbocycles. The van der Waals surface area contributed by atoms with E-state index in [4.69, 9.17) is 11.6 Å². The second-order valence-corrected chi connectivity index (χ2v) is 7.70. The van der Waals surface area contributed by atoms with Gasteiger partial charge in [0.05, 0.1) is 12.2 Å². The maximum atomic E-state index is 12.5. The first-order valence-corrected chi connectivity index (χ1v) is 9.48. The van der Waals surface area contributed by atoms with Crippen LogP contribution in [0.3, 0.4) is 0 Å². The van der Waals surface area contributed by atoms with Crippen LogP contribution >= 0.6 is 23.4 Å². The van der Waals surface area contributed by atoms with E-state index in [0.717, 1.165) is 22.6 Å². The van der Waals surface area contributed by atoms with Crippen LogP contribution in [-0.4, -0.2) is 31.0 Å². The van der Waals surface area contributed by atoms with Gasteiger partial charge in [0.2, 0.25) is 5.91 Å². The summed E-state index contributed by atoms with van der Waals surface area (Å²) in [6, 6.07) is 5.61. The standard InChI is InChI=1S/C17H16ClN5O2S/c1-22-16-12(7-20-22)17(25)23(9-19-16)8-15(24)21-13-4-5-26-14-3-2-10(18)6-11(13)14/h2-3,6-7,9,13H,4-5,8H2,1H3,(H,21,24). The Kier molecular flexibility index (Phi) is 4.46. The molecular formula is C17H16ClN5O2S. The number of nitrogens with zero attached hydrogens (tertiary/aromatic N) is 4. The van der Waals surface area contributed by atoms with Crippen molar-refractivity contribution < 1.29 is 4.79 Å². The monoisotopic (exact) mass is 389 g/mol. The Labute approximate surface area is 158 Å². The zero-order chi connectivity index (χ0) is 18.3. The van der Waals surface area contributed by atoms with Gasteiger partial charge in [-0.25, -0.2) is 4.98 Å². The fourth-order valence-corrected chi connectivity index (χ4v) is 4.38. The van der Waals surface area contributed by atoms with E-state index in [1.807, 2.05) is 18.2 Å². The van der Waals surface area contributed by atoms with Gasteiger partial charge in [-0.1, -0.05) is 11.6 Å². The van der Waals surface area contributed by atoms with Crippen LogP contribution < -0.4 is 10.9 Å². The Morgan fingerprint density at radius 1 is 1.46 bits per heavy atom. The van der Waals surface area contributed by atoms with E-state index >= 15 is 0 Å². The molecule has 1 aliphatic rings. The third kappa shape index (κ3) is 3.10. The van der Waals surface area contributed by atoms with Crippen LogP contribution in [0.15, 0.2) is 40.4 Å². The Balaban J connectivity index is 1.55. The summed E-state index contributed by atoms with van der Waals surface area (Å²) in [5.74, 6) is 0.683. The van der Waals surface area contributed by atoms with Crippen molar-refractivity contribution in [2.45, 2.75) is 23.9 Å². The minimum absolute atomic E-state index is 0.0871. The average Bonchev–Trinajstić information content (AvgIpc) is 3.00. The highest BCUT2D eigenvalue weighted by Crippen LogP contribution is 2.37. The molecule has 1 aromatic carbocycles. The van der Waals surface area contributed by atoms with Gasteiger partial charge in [0.25, 0.3) is 5.56 Å². The number of aryl methyl sites for hydroxylation is 1. The maximum absolute atomic E-state index is 12.5. The quantitative estimate of drug-likeness (QED) is 0.742. The van der Waals surface area contributed by atoms with Gasteiger partial charge in [-0.3, -0.25) is 18.8 Å². The minimum Gasteiger partial charge on any atom is -0.348 e. The highest BCUT2D eigenvalue weighted by Gasteiger charge is 2.23. The van der Waals surface area contributed by atoms with E-state index in [0.29, 0.717) is 16.1 Å². The lowest BCUT2D eigenvalue weighted by atomic mass is 10.0. The first kappa shape index (κ1) is 17.1. The Bertz CT molecular complexity index is 1060. The molecule has 7 nitrogen and oxygen atoms in total. The summed E-state index contributed by atoms with van der Waals surface area (Å²) in [4.78, 5) is 30.3. The number of carbonyl (C=O) groups is 1. The fourth-order valence-electron chi connectivity index (χ4n) is 3.09. The topological polar surface area (TPSA) is 81.8 Å². The van der Waals surface area contributed by atoms with Crippen molar-refractivity contribution in [1.29, 1.82) is 0 Å². The van der Waals surface area contributed by atoms with Gasteiger partial charge < -0.3 is 5.32 Å². The average molecular weight is 390 g/mol. The fraction of sp³-hybridized carbons (Fsp3) is 0.294. The molecule has 1 aliphatic heterocycles. The van der Waals surface area contributed by atoms with Gasteiger partial charge in [0, 0.05) is 22.7 Å². The number of aromatic nitrogens is 4. The lowest BCUT2D eigenvalue weighted by Crippen LogP contribution is -2.36. The molecule has 26 heavy (non-hydrogen) atoms. The Hall–Kier alpha value is -2.32. The molecule has 1 atom stereocenters. The predicted octanol–water partition coefficient (Wildman–Crippen LogP) is 2.14. The van der Waals surface area contributed by atoms with Gasteiger partial charge in [-0.05, 0) is 30.2 Å². The van der Waals surface area contributed by atoms with E-state index in [1.165, 1.54) is 21.8 Å². The second kappa shape index (κ2) is 6.77. The van der Waals surface area contributed by atoms with Crippen molar-refractivity contribution in [2.24, 2.45) is 7.05 Å². The number of thioether (sulfide) groups is 1. The SMILES string of the molecule is Cn1ncc2c(=O)n(CC(=O)NC3CCSc4ccc(Cl)cc43)cnc21. The van der Waals surface area contributed by atoms with Crippen LogP contribution in [0.25, 0.3) is 11.0 Å². The zero-order valence-corrected chi connectivity index (χ0v) is 15.5. The first-order valence-electron chi connectivity index (χ1n) is 8.11. The molecule has 2 aromatic heterocycles. The molecule has 1 unspecified atom stereocenters. The molecule has 4 rings (SSSR count). The van der Waals surface area contributed by atoms with Crippen molar-refractivity contribution in [3.63, 3.8) is 0 Å². The van der Waals surface area contributed by atoms with Crippen LogP contribution in [0.2, 0.25) is 5.02 Å². The van der Waals surface area contributed by atoms with Crippen molar-refractivity contribution in [3.05, 3.63) is 51.7 Å². The largest absolute Gasteiger partial charge is 0.348 e. The molecule has 0 spiro atoms. The summed E-state index contributed by atoms with van der Waals surface area (Å²) < 4.78 is 2.83. The van der Waals surface area contributed by atoms with Crippen molar-refractivity contribution >= 4 is 40.3 Å². The normalized spacial score (nSPS) is 16.5. The minimum atomic E-state index is -0.277. The number of halogens is 1. The number of hydrogen-bond acceptors (Lipinski definition) is 5. The summed E-state index contributed by atoms with van der Waals surface area (Å²) in [5.41, 5.74) is 1.25. The number of nitrogens with one attached hydrogen (secondary N) is 1. The molecule has 0 radical (unpaired) electrons. The molecule has 1 amide bonds. The zero-order valence-electron chi connectivity index (χ0n) is 14.0. The molecule has 0 fully saturated rings. The highest BCUT2D eigenvalue weighted by molar-refractivity contribution is 7.99. The Morgan fingerprint density at radius 2 is 2.31 bits per heavy atom. The molecule has 0 saturated heterocycles. The molecule has 9 heteroatoms. The van der Waals surface area contributed by atoms with Crippen LogP contribution in [0, 0.1) is 0 Å². The summed E-state index contributed by atoms with van der Waals surface area (Å²) >= 11 is 7.86. The van der Waals surface area contributed by atoms with Crippen LogP contribution in [-0.2, 0) is 18.4 Å². The third-order valence-electron chi connectivity index (χ3n) is 4.38. The van der Waals surface area contributed by atoms with E-state index < -0.39 is 0 Å². The lowest BCUT2D eigenvalue weighted by Gasteiger charge is -2.26. The number of amides is 1. The Morgan fingerprint density at radius 3 is 3.15 bits per heavy atom. The van der Waals surface area contributed by atoms with E-state index in [1.54, 1.807) is 18.8 Å². The van der Waals surface area contributed by atoms with Gasteiger partial charge in [-0.15, -0.1) is 11.8 Å².